The number of hydrogen-bond acceptors (Lipinski definition) is 4. The summed E-state index contributed by atoms with van der Waals surface area (Å²) in [7, 11) is 1.29. The molecule has 2 atom stereocenters. The molecule has 0 aromatic heterocycles. The second-order valence-corrected chi connectivity index (χ2v) is 3.78. The minimum atomic E-state index is -0.675. The Morgan fingerprint density at radius 2 is 2.42 bits per heavy atom. The van der Waals surface area contributed by atoms with Crippen molar-refractivity contribution in [3.8, 4) is 0 Å². The number of rotatable bonds is 1. The first-order valence-electron chi connectivity index (χ1n) is 3.65. The standard InChI is InChI=1S/C7H11NO3S/c1-4-3-12-5(6(9)8-4)7(10)11-2/h4-5H,3H2,1-2H3,(H,8,9)/t4-,5-/m1/s1. The van der Waals surface area contributed by atoms with Gasteiger partial charge in [-0.25, -0.2) is 0 Å². The average molecular weight is 189 g/mol. The predicted octanol–water partition coefficient (Wildman–Crippen LogP) is -0.221. The molecule has 1 aliphatic heterocycles. The Kier molecular flexibility index (Phi) is 2.97. The highest BCUT2D eigenvalue weighted by Crippen LogP contribution is 2.18. The molecule has 1 N–H and O–H groups in total. The number of ether oxygens (including phenoxy) is 1. The van der Waals surface area contributed by atoms with Crippen LogP contribution in [0.4, 0.5) is 0 Å². The summed E-state index contributed by atoms with van der Waals surface area (Å²) in [4.78, 5) is 22.2. The Balaban J connectivity index is 2.56. The highest BCUT2D eigenvalue weighted by Gasteiger charge is 2.32. The first-order valence-corrected chi connectivity index (χ1v) is 4.70. The van der Waals surface area contributed by atoms with E-state index in [2.05, 4.69) is 10.1 Å². The molecule has 0 saturated carbocycles. The van der Waals surface area contributed by atoms with Crippen LogP contribution in [0, 0.1) is 0 Å². The molecular formula is C7H11NO3S. The number of methoxy groups -OCH3 is 1. The maximum atomic E-state index is 11.2. The molecule has 68 valence electrons. The fourth-order valence-corrected chi connectivity index (χ4v) is 1.97. The minimum absolute atomic E-state index is 0.142. The van der Waals surface area contributed by atoms with Crippen molar-refractivity contribution in [2.45, 2.75) is 18.2 Å². The van der Waals surface area contributed by atoms with Crippen molar-refractivity contribution in [2.24, 2.45) is 0 Å². The predicted molar refractivity (Wildman–Crippen MR) is 45.9 cm³/mol. The van der Waals surface area contributed by atoms with Crippen molar-refractivity contribution in [2.75, 3.05) is 12.9 Å². The van der Waals surface area contributed by atoms with Gasteiger partial charge in [-0.15, -0.1) is 11.8 Å². The molecule has 1 fully saturated rings. The van der Waals surface area contributed by atoms with E-state index in [1.54, 1.807) is 0 Å². The van der Waals surface area contributed by atoms with E-state index in [1.807, 2.05) is 6.92 Å². The molecule has 12 heavy (non-hydrogen) atoms. The van der Waals surface area contributed by atoms with Gasteiger partial charge >= 0.3 is 5.97 Å². The van der Waals surface area contributed by atoms with Crippen LogP contribution in [0.15, 0.2) is 0 Å². The van der Waals surface area contributed by atoms with Gasteiger partial charge in [0.1, 0.15) is 0 Å². The fourth-order valence-electron chi connectivity index (χ4n) is 0.959. The molecule has 4 nitrogen and oxygen atoms in total. The molecular weight excluding hydrogens is 178 g/mol. The molecule has 0 radical (unpaired) electrons. The summed E-state index contributed by atoms with van der Waals surface area (Å²) in [5, 5.41) is 2.01. The third kappa shape index (κ3) is 1.91. The largest absolute Gasteiger partial charge is 0.468 e. The Morgan fingerprint density at radius 1 is 1.75 bits per heavy atom. The lowest BCUT2D eigenvalue weighted by Gasteiger charge is -2.24. The van der Waals surface area contributed by atoms with Gasteiger partial charge in [-0.05, 0) is 6.92 Å². The molecule has 0 aromatic carbocycles. The van der Waals surface area contributed by atoms with Crippen LogP contribution < -0.4 is 5.32 Å². The van der Waals surface area contributed by atoms with E-state index >= 15 is 0 Å². The number of thioether (sulfide) groups is 1. The summed E-state index contributed by atoms with van der Waals surface area (Å²) in [5.41, 5.74) is 0. The van der Waals surface area contributed by atoms with Crippen LogP contribution in [0.25, 0.3) is 0 Å². The Labute approximate surface area is 75.0 Å². The SMILES string of the molecule is COC(=O)[C@@H]1SC[C@@H](C)NC1=O. The average Bonchev–Trinajstić information content (AvgIpc) is 2.03. The summed E-state index contributed by atoms with van der Waals surface area (Å²) in [6.45, 7) is 1.90. The first kappa shape index (κ1) is 9.38. The normalized spacial score (nSPS) is 29.3. The number of nitrogens with one attached hydrogen (secondary N) is 1. The van der Waals surface area contributed by atoms with E-state index in [1.165, 1.54) is 18.9 Å². The lowest BCUT2D eigenvalue weighted by atomic mass is 10.3. The van der Waals surface area contributed by atoms with Crippen molar-refractivity contribution in [1.29, 1.82) is 0 Å². The van der Waals surface area contributed by atoms with Gasteiger partial charge in [-0.3, -0.25) is 9.59 Å². The molecule has 1 rings (SSSR count). The van der Waals surface area contributed by atoms with Gasteiger partial charge in [0.15, 0.2) is 5.25 Å². The van der Waals surface area contributed by atoms with Crippen molar-refractivity contribution in [3.63, 3.8) is 0 Å². The van der Waals surface area contributed by atoms with E-state index < -0.39 is 11.2 Å². The Morgan fingerprint density at radius 3 is 2.92 bits per heavy atom. The third-order valence-corrected chi connectivity index (χ3v) is 2.99. The lowest BCUT2D eigenvalue weighted by molar-refractivity contribution is -0.143. The maximum Gasteiger partial charge on any atom is 0.328 e. The molecule has 0 aliphatic carbocycles. The zero-order chi connectivity index (χ0) is 9.14. The van der Waals surface area contributed by atoms with Crippen LogP contribution >= 0.6 is 11.8 Å². The highest BCUT2D eigenvalue weighted by atomic mass is 32.2. The van der Waals surface area contributed by atoms with Crippen molar-refractivity contribution >= 4 is 23.6 Å². The number of amides is 1. The number of hydrogen-bond donors (Lipinski definition) is 1. The zero-order valence-electron chi connectivity index (χ0n) is 6.99. The van der Waals surface area contributed by atoms with Gasteiger partial charge in [-0.1, -0.05) is 0 Å². The van der Waals surface area contributed by atoms with E-state index in [4.69, 9.17) is 0 Å². The van der Waals surface area contributed by atoms with Crippen LogP contribution in [-0.2, 0) is 14.3 Å². The van der Waals surface area contributed by atoms with Crippen LogP contribution in [0.5, 0.6) is 0 Å². The van der Waals surface area contributed by atoms with Crippen LogP contribution in [0.3, 0.4) is 0 Å². The van der Waals surface area contributed by atoms with E-state index in [0.29, 0.717) is 0 Å². The van der Waals surface area contributed by atoms with E-state index in [0.717, 1.165) is 5.75 Å². The van der Waals surface area contributed by atoms with Gasteiger partial charge in [0.05, 0.1) is 7.11 Å². The van der Waals surface area contributed by atoms with Gasteiger partial charge in [-0.2, -0.15) is 0 Å². The molecule has 1 heterocycles. The molecule has 1 aliphatic rings. The van der Waals surface area contributed by atoms with Gasteiger partial charge < -0.3 is 10.1 Å². The molecule has 0 spiro atoms. The summed E-state index contributed by atoms with van der Waals surface area (Å²) < 4.78 is 4.47. The maximum absolute atomic E-state index is 11.2. The summed E-state index contributed by atoms with van der Waals surface area (Å²) >= 11 is 1.33. The zero-order valence-corrected chi connectivity index (χ0v) is 7.81. The van der Waals surface area contributed by atoms with Gasteiger partial charge in [0, 0.05) is 11.8 Å². The molecule has 5 heteroatoms. The quantitative estimate of drug-likeness (QED) is 0.457. The van der Waals surface area contributed by atoms with E-state index in [-0.39, 0.29) is 11.9 Å². The Hall–Kier alpha value is -0.710. The molecule has 0 aromatic rings. The van der Waals surface area contributed by atoms with E-state index in [9.17, 15) is 9.59 Å². The number of esters is 1. The van der Waals surface area contributed by atoms with Crippen LogP contribution in [0.1, 0.15) is 6.92 Å². The molecule has 0 unspecified atom stereocenters. The number of carbonyl (C=O) groups is 2. The van der Waals surface area contributed by atoms with Crippen molar-refractivity contribution in [3.05, 3.63) is 0 Å². The van der Waals surface area contributed by atoms with Crippen LogP contribution in [-0.4, -0.2) is 36.0 Å². The van der Waals surface area contributed by atoms with Gasteiger partial charge in [0.2, 0.25) is 5.91 Å². The molecule has 1 amide bonds. The Bertz CT molecular complexity index is 207. The highest BCUT2D eigenvalue weighted by molar-refractivity contribution is 8.01. The first-order chi connectivity index (χ1) is 5.65. The second kappa shape index (κ2) is 3.80. The summed E-state index contributed by atoms with van der Waals surface area (Å²) in [5.74, 6) is 0.0425. The van der Waals surface area contributed by atoms with Crippen LogP contribution in [0.2, 0.25) is 0 Å². The van der Waals surface area contributed by atoms with Crippen molar-refractivity contribution in [1.82, 2.24) is 5.32 Å². The summed E-state index contributed by atoms with van der Waals surface area (Å²) in [6, 6.07) is 0.142. The lowest BCUT2D eigenvalue weighted by Crippen LogP contribution is -2.48. The van der Waals surface area contributed by atoms with Crippen molar-refractivity contribution < 1.29 is 14.3 Å². The molecule has 1 saturated heterocycles. The monoisotopic (exact) mass is 189 g/mol. The second-order valence-electron chi connectivity index (χ2n) is 2.65. The number of carbonyl (C=O) groups excluding carboxylic acids is 2. The fraction of sp³-hybridized carbons (Fsp3) is 0.714. The van der Waals surface area contributed by atoms with Gasteiger partial charge in [0.25, 0.3) is 0 Å². The third-order valence-electron chi connectivity index (χ3n) is 1.55. The smallest absolute Gasteiger partial charge is 0.328 e. The topological polar surface area (TPSA) is 55.4 Å². The minimum Gasteiger partial charge on any atom is -0.468 e. The summed E-state index contributed by atoms with van der Waals surface area (Å²) in [6.07, 6.45) is 0. The molecule has 0 bridgehead atoms.